The van der Waals surface area contributed by atoms with Crippen molar-refractivity contribution >= 4 is 46.9 Å². The van der Waals surface area contributed by atoms with E-state index in [0.29, 0.717) is 0 Å². The minimum absolute atomic E-state index is 0.00254. The van der Waals surface area contributed by atoms with Crippen molar-refractivity contribution in [2.24, 2.45) is 0 Å². The largest absolute Gasteiger partial charge is 0.478 e. The molecule has 0 spiro atoms. The van der Waals surface area contributed by atoms with Crippen molar-refractivity contribution in [1.82, 2.24) is 5.32 Å². The standard InChI is InChI=1S/C25H20Cl2N2O5/c26-20-11-14(24(31)32)12-21(27)23(20)29-22(30)9-10-28-25(33)34-13-19-17-7-3-1-5-15(17)16-6-2-4-8-18(16)19/h1-8,11-12,19H,9-10,13H2,(H,28,33)(H,29,30)(H,31,32). The minimum Gasteiger partial charge on any atom is -0.478 e. The molecule has 0 saturated carbocycles. The van der Waals surface area contributed by atoms with Crippen LogP contribution < -0.4 is 10.6 Å². The van der Waals surface area contributed by atoms with Crippen molar-refractivity contribution in [1.29, 1.82) is 0 Å². The summed E-state index contributed by atoms with van der Waals surface area (Å²) >= 11 is 12.1. The molecule has 0 bridgehead atoms. The predicted molar refractivity (Wildman–Crippen MR) is 130 cm³/mol. The van der Waals surface area contributed by atoms with E-state index >= 15 is 0 Å². The Labute approximate surface area is 205 Å². The molecular formula is C25H20Cl2N2O5. The fraction of sp³-hybridized carbons (Fsp3) is 0.160. The van der Waals surface area contributed by atoms with Crippen LogP contribution in [0.1, 0.15) is 33.8 Å². The van der Waals surface area contributed by atoms with Crippen LogP contribution >= 0.6 is 23.2 Å². The average molecular weight is 499 g/mol. The Morgan fingerprint density at radius 1 is 0.912 bits per heavy atom. The zero-order chi connectivity index (χ0) is 24.2. The number of alkyl carbamates (subject to hydrolysis) is 1. The first-order chi connectivity index (χ1) is 16.3. The molecule has 3 N–H and O–H groups in total. The van der Waals surface area contributed by atoms with Crippen LogP contribution in [0.3, 0.4) is 0 Å². The number of hydrogen-bond acceptors (Lipinski definition) is 4. The Morgan fingerprint density at radius 3 is 2.03 bits per heavy atom. The van der Waals surface area contributed by atoms with E-state index in [4.69, 9.17) is 33.0 Å². The molecule has 9 heteroatoms. The monoisotopic (exact) mass is 498 g/mol. The molecule has 0 heterocycles. The highest BCUT2D eigenvalue weighted by molar-refractivity contribution is 6.40. The minimum atomic E-state index is -1.19. The summed E-state index contributed by atoms with van der Waals surface area (Å²) in [5.74, 6) is -1.70. The van der Waals surface area contributed by atoms with Crippen LogP contribution in [-0.2, 0) is 9.53 Å². The number of fused-ring (bicyclic) bond motifs is 3. The number of rotatable bonds is 7. The van der Waals surface area contributed by atoms with Crippen molar-refractivity contribution in [3.05, 3.63) is 87.4 Å². The lowest BCUT2D eigenvalue weighted by Gasteiger charge is -2.14. The molecule has 3 aromatic carbocycles. The molecule has 2 amide bonds. The lowest BCUT2D eigenvalue weighted by Crippen LogP contribution is -2.29. The number of halogens is 2. The van der Waals surface area contributed by atoms with Gasteiger partial charge in [0.15, 0.2) is 0 Å². The maximum atomic E-state index is 12.2. The number of hydrogen-bond donors (Lipinski definition) is 3. The molecule has 7 nitrogen and oxygen atoms in total. The smallest absolute Gasteiger partial charge is 0.407 e. The predicted octanol–water partition coefficient (Wildman–Crippen LogP) is 5.56. The first-order valence-electron chi connectivity index (χ1n) is 10.5. The second-order valence-electron chi connectivity index (χ2n) is 7.67. The Hall–Kier alpha value is -3.55. The van der Waals surface area contributed by atoms with Gasteiger partial charge in [0.25, 0.3) is 0 Å². The molecule has 0 aliphatic heterocycles. The van der Waals surface area contributed by atoms with E-state index in [-0.39, 0.29) is 46.8 Å². The van der Waals surface area contributed by atoms with Gasteiger partial charge in [-0.05, 0) is 34.4 Å². The summed E-state index contributed by atoms with van der Waals surface area (Å²) in [5, 5.41) is 14.1. The second-order valence-corrected chi connectivity index (χ2v) is 8.48. The van der Waals surface area contributed by atoms with Crippen molar-refractivity contribution < 1.29 is 24.2 Å². The van der Waals surface area contributed by atoms with Gasteiger partial charge in [-0.15, -0.1) is 0 Å². The fourth-order valence-electron chi connectivity index (χ4n) is 3.95. The molecule has 1 aliphatic carbocycles. The second kappa shape index (κ2) is 10.2. The van der Waals surface area contributed by atoms with Gasteiger partial charge in [0.2, 0.25) is 5.91 Å². The van der Waals surface area contributed by atoms with Gasteiger partial charge in [0, 0.05) is 18.9 Å². The highest BCUT2D eigenvalue weighted by Crippen LogP contribution is 2.44. The van der Waals surface area contributed by atoms with Crippen LogP contribution in [0, 0.1) is 0 Å². The van der Waals surface area contributed by atoms with Gasteiger partial charge in [-0.3, -0.25) is 4.79 Å². The summed E-state index contributed by atoms with van der Waals surface area (Å²) in [4.78, 5) is 35.5. The van der Waals surface area contributed by atoms with Gasteiger partial charge in [0.1, 0.15) is 6.61 Å². The van der Waals surface area contributed by atoms with Gasteiger partial charge < -0.3 is 20.5 Å². The number of anilines is 1. The third-order valence-electron chi connectivity index (χ3n) is 5.52. The third kappa shape index (κ3) is 5.00. The van der Waals surface area contributed by atoms with E-state index in [2.05, 4.69) is 22.8 Å². The van der Waals surface area contributed by atoms with Gasteiger partial charge in [-0.25, -0.2) is 9.59 Å². The number of nitrogens with one attached hydrogen (secondary N) is 2. The average Bonchev–Trinajstić information content (AvgIpc) is 3.13. The van der Waals surface area contributed by atoms with Crippen LogP contribution in [-0.4, -0.2) is 36.2 Å². The van der Waals surface area contributed by atoms with Gasteiger partial charge in [-0.2, -0.15) is 0 Å². The lowest BCUT2D eigenvalue weighted by molar-refractivity contribution is -0.116. The van der Waals surface area contributed by atoms with Crippen molar-refractivity contribution in [3.63, 3.8) is 0 Å². The van der Waals surface area contributed by atoms with Gasteiger partial charge in [-0.1, -0.05) is 71.7 Å². The summed E-state index contributed by atoms with van der Waals surface area (Å²) in [6.45, 7) is 0.207. The summed E-state index contributed by atoms with van der Waals surface area (Å²) < 4.78 is 5.43. The Balaban J connectivity index is 1.28. The lowest BCUT2D eigenvalue weighted by atomic mass is 9.98. The van der Waals surface area contributed by atoms with Crippen molar-refractivity contribution in [3.8, 4) is 11.1 Å². The summed E-state index contributed by atoms with van der Waals surface area (Å²) in [7, 11) is 0. The van der Waals surface area contributed by atoms with Crippen molar-refractivity contribution in [2.45, 2.75) is 12.3 Å². The van der Waals surface area contributed by atoms with E-state index in [0.717, 1.165) is 22.3 Å². The number of carboxylic acid groups (broad SMARTS) is 1. The molecular weight excluding hydrogens is 479 g/mol. The molecule has 3 aromatic rings. The van der Waals surface area contributed by atoms with Crippen molar-refractivity contribution in [2.75, 3.05) is 18.5 Å². The van der Waals surface area contributed by atoms with Gasteiger partial charge in [0.05, 0.1) is 21.3 Å². The molecule has 0 radical (unpaired) electrons. The number of ether oxygens (including phenoxy) is 1. The first-order valence-corrected chi connectivity index (χ1v) is 11.2. The normalized spacial score (nSPS) is 11.9. The van der Waals surface area contributed by atoms with E-state index in [1.165, 1.54) is 12.1 Å². The number of aromatic carboxylic acids is 1. The van der Waals surface area contributed by atoms with Crippen LogP contribution in [0.2, 0.25) is 10.0 Å². The Bertz CT molecular complexity index is 1210. The zero-order valence-corrected chi connectivity index (χ0v) is 19.3. The molecule has 174 valence electrons. The molecule has 34 heavy (non-hydrogen) atoms. The Morgan fingerprint density at radius 2 is 1.47 bits per heavy atom. The molecule has 0 fully saturated rings. The zero-order valence-electron chi connectivity index (χ0n) is 17.8. The highest BCUT2D eigenvalue weighted by atomic mass is 35.5. The topological polar surface area (TPSA) is 105 Å². The van der Waals surface area contributed by atoms with Crippen LogP contribution in [0.25, 0.3) is 11.1 Å². The SMILES string of the molecule is O=C(CCNC(=O)OCC1c2ccccc2-c2ccccc21)Nc1c(Cl)cc(C(=O)O)cc1Cl. The van der Waals surface area contributed by atoms with Crippen LogP contribution in [0.4, 0.5) is 10.5 Å². The molecule has 0 saturated heterocycles. The molecule has 0 aromatic heterocycles. The Kier molecular flexibility index (Phi) is 7.05. The number of amides is 2. The molecule has 0 atom stereocenters. The van der Waals surface area contributed by atoms with E-state index < -0.39 is 18.0 Å². The highest BCUT2D eigenvalue weighted by Gasteiger charge is 2.29. The van der Waals surface area contributed by atoms with Gasteiger partial charge >= 0.3 is 12.1 Å². The van der Waals surface area contributed by atoms with E-state index in [9.17, 15) is 14.4 Å². The molecule has 4 rings (SSSR count). The number of benzene rings is 3. The maximum absolute atomic E-state index is 12.2. The van der Waals surface area contributed by atoms with Crippen LogP contribution in [0.15, 0.2) is 60.7 Å². The fourth-order valence-corrected chi connectivity index (χ4v) is 4.53. The number of carbonyl (C=O) groups excluding carboxylic acids is 2. The summed E-state index contributed by atoms with van der Waals surface area (Å²) in [6, 6.07) is 18.5. The third-order valence-corrected chi connectivity index (χ3v) is 6.11. The summed E-state index contributed by atoms with van der Waals surface area (Å²) in [5.41, 5.74) is 4.51. The number of carboxylic acids is 1. The maximum Gasteiger partial charge on any atom is 0.407 e. The molecule has 1 aliphatic rings. The van der Waals surface area contributed by atoms with E-state index in [1.807, 2.05) is 36.4 Å². The number of carbonyl (C=O) groups is 3. The van der Waals surface area contributed by atoms with E-state index in [1.54, 1.807) is 0 Å². The van der Waals surface area contributed by atoms with Crippen LogP contribution in [0.5, 0.6) is 0 Å². The first kappa shape index (κ1) is 23.6. The quantitative estimate of drug-likeness (QED) is 0.395. The molecule has 0 unspecified atom stereocenters. The summed E-state index contributed by atoms with van der Waals surface area (Å²) in [6.07, 6.45) is -0.686.